The topological polar surface area (TPSA) is 105 Å². The third-order valence-corrected chi connectivity index (χ3v) is 5.03. The Morgan fingerprint density at radius 3 is 1.59 bits per heavy atom. The second kappa shape index (κ2) is 10.2. The fraction of sp³-hybridized carbons (Fsp3) is 0.833. The highest BCUT2D eigenvalue weighted by Gasteiger charge is 2.36. The molecular weight excluding hydrogens is 334 g/mol. The van der Waals surface area contributed by atoms with Gasteiger partial charge in [-0.2, -0.15) is 0 Å². The molecule has 22 heavy (non-hydrogen) atoms. The molecule has 0 aromatic carbocycles. The molecule has 0 spiro atoms. The minimum atomic E-state index is -3.89. The molecule has 0 saturated heterocycles. The third-order valence-electron chi connectivity index (χ3n) is 2.25. The first-order valence-corrected chi connectivity index (χ1v) is 11.1. The van der Waals surface area contributed by atoms with Crippen LogP contribution in [0.3, 0.4) is 0 Å². The highest BCUT2D eigenvalue weighted by atomic mass is 31.2. The normalized spacial score (nSPS) is 12.0. The van der Waals surface area contributed by atoms with Crippen molar-refractivity contribution in [2.75, 3.05) is 39.8 Å². The van der Waals surface area contributed by atoms with Crippen LogP contribution in [0, 0.1) is 0 Å². The summed E-state index contributed by atoms with van der Waals surface area (Å²) in [6.45, 7) is 6.05. The lowest BCUT2D eigenvalue weighted by atomic mass is 10.3. The monoisotopic (exact) mass is 358 g/mol. The van der Waals surface area contributed by atoms with Gasteiger partial charge in [-0.15, -0.1) is 0 Å². The van der Waals surface area contributed by atoms with Gasteiger partial charge in [0.25, 0.3) is 0 Å². The Labute approximate surface area is 130 Å². The maximum absolute atomic E-state index is 12.0. The first-order chi connectivity index (χ1) is 10.2. The van der Waals surface area contributed by atoms with Crippen molar-refractivity contribution in [2.45, 2.75) is 26.7 Å². The number of hydrogen-bond acceptors (Lipinski definition) is 8. The molecule has 0 bridgehead atoms. The van der Waals surface area contributed by atoms with E-state index < -0.39 is 26.2 Å². The second-order valence-corrected chi connectivity index (χ2v) is 9.56. The van der Waals surface area contributed by atoms with E-state index >= 15 is 0 Å². The van der Waals surface area contributed by atoms with E-state index in [0.717, 1.165) is 0 Å². The van der Waals surface area contributed by atoms with E-state index in [1.165, 1.54) is 13.3 Å². The molecule has 0 radical (unpaired) electrons. The smallest absolute Gasteiger partial charge is 0.438 e. The Balaban J connectivity index is 4.00. The molecule has 0 heterocycles. The SMILES string of the molecule is CCOP(=O)(OCC)C(=O)OCCCCOC(=O)P(C)(C)=O. The van der Waals surface area contributed by atoms with Gasteiger partial charge in [0.1, 0.15) is 0 Å². The Hall–Kier alpha value is -0.680. The summed E-state index contributed by atoms with van der Waals surface area (Å²) in [5.74, 6) is 0. The van der Waals surface area contributed by atoms with Crippen LogP contribution in [-0.2, 0) is 27.7 Å². The zero-order valence-electron chi connectivity index (χ0n) is 13.4. The highest BCUT2D eigenvalue weighted by Crippen LogP contribution is 2.49. The van der Waals surface area contributed by atoms with Crippen molar-refractivity contribution in [3.63, 3.8) is 0 Å². The van der Waals surface area contributed by atoms with E-state index in [9.17, 15) is 18.7 Å². The Bertz CT molecular complexity index is 446. The molecule has 130 valence electrons. The minimum absolute atomic E-state index is 0.00354. The summed E-state index contributed by atoms with van der Waals surface area (Å²) in [6, 6.07) is 0. The van der Waals surface area contributed by atoms with Crippen LogP contribution in [0.2, 0.25) is 0 Å². The lowest BCUT2D eigenvalue weighted by Gasteiger charge is -2.15. The van der Waals surface area contributed by atoms with Crippen LogP contribution in [0.1, 0.15) is 26.7 Å². The van der Waals surface area contributed by atoms with Gasteiger partial charge in [-0.1, -0.05) is 0 Å². The van der Waals surface area contributed by atoms with Gasteiger partial charge >= 0.3 is 19.0 Å². The van der Waals surface area contributed by atoms with Crippen molar-refractivity contribution in [1.29, 1.82) is 0 Å². The largest absolute Gasteiger partial charge is 0.460 e. The molecule has 0 aliphatic heterocycles. The highest BCUT2D eigenvalue weighted by molar-refractivity contribution is 7.78. The molecule has 0 saturated carbocycles. The second-order valence-electron chi connectivity index (χ2n) is 4.62. The molecule has 0 aliphatic rings. The summed E-state index contributed by atoms with van der Waals surface area (Å²) in [7, 11) is -6.77. The molecule has 0 unspecified atom stereocenters. The van der Waals surface area contributed by atoms with E-state index in [1.54, 1.807) is 13.8 Å². The van der Waals surface area contributed by atoms with Gasteiger partial charge in [0.15, 0.2) is 7.14 Å². The quantitative estimate of drug-likeness (QED) is 0.404. The Morgan fingerprint density at radius 1 is 0.818 bits per heavy atom. The molecule has 0 N–H and O–H groups in total. The molecular formula is C12H24O8P2. The summed E-state index contributed by atoms with van der Waals surface area (Å²) < 4.78 is 42.7. The molecule has 10 heteroatoms. The van der Waals surface area contributed by atoms with E-state index in [-0.39, 0.29) is 26.4 Å². The van der Waals surface area contributed by atoms with Crippen LogP contribution in [0.15, 0.2) is 0 Å². The zero-order chi connectivity index (χ0) is 17.2. The summed E-state index contributed by atoms with van der Waals surface area (Å²) in [5, 5.41) is 0. The number of rotatable bonds is 11. The van der Waals surface area contributed by atoms with Gasteiger partial charge in [0.2, 0.25) is 0 Å². The van der Waals surface area contributed by atoms with Gasteiger partial charge < -0.3 is 23.1 Å². The standard InChI is InChI=1S/C12H24O8P2/c1-5-19-22(16,20-6-2)12(14)18-10-8-7-9-17-11(13)21(3,4)15/h5-10H2,1-4H3. The molecule has 0 amide bonds. The van der Waals surface area contributed by atoms with Crippen LogP contribution in [0.4, 0.5) is 9.59 Å². The molecule has 0 aromatic rings. The summed E-state index contributed by atoms with van der Waals surface area (Å²) in [5.41, 5.74) is -1.75. The van der Waals surface area contributed by atoms with Crippen LogP contribution in [-0.4, -0.2) is 51.2 Å². The van der Waals surface area contributed by atoms with Crippen LogP contribution in [0.25, 0.3) is 0 Å². The first kappa shape index (κ1) is 21.3. The summed E-state index contributed by atoms with van der Waals surface area (Å²) in [6.07, 6.45) is 0.821. The van der Waals surface area contributed by atoms with Crippen molar-refractivity contribution >= 4 is 26.2 Å². The van der Waals surface area contributed by atoms with Gasteiger partial charge in [-0.3, -0.25) is 0 Å². The van der Waals surface area contributed by atoms with E-state index in [4.69, 9.17) is 18.5 Å². The number of hydrogen-bond donors (Lipinski definition) is 0. The molecule has 0 rings (SSSR count). The maximum Gasteiger partial charge on any atom is 0.438 e. The number of carbonyl (C=O) groups excluding carboxylic acids is 2. The Kier molecular flexibility index (Phi) is 9.85. The molecule has 8 nitrogen and oxygen atoms in total. The molecule has 0 fully saturated rings. The molecule has 0 aromatic heterocycles. The molecule has 0 aliphatic carbocycles. The van der Waals surface area contributed by atoms with Gasteiger partial charge in [0.05, 0.1) is 26.4 Å². The fourth-order valence-electron chi connectivity index (χ4n) is 1.24. The van der Waals surface area contributed by atoms with Crippen molar-refractivity contribution in [3.05, 3.63) is 0 Å². The third kappa shape index (κ3) is 8.08. The minimum Gasteiger partial charge on any atom is -0.460 e. The maximum atomic E-state index is 12.0. The van der Waals surface area contributed by atoms with Gasteiger partial charge in [0, 0.05) is 0 Å². The predicted molar refractivity (Wildman–Crippen MR) is 82.2 cm³/mol. The van der Waals surface area contributed by atoms with Crippen LogP contribution in [0.5, 0.6) is 0 Å². The average molecular weight is 358 g/mol. The van der Waals surface area contributed by atoms with Crippen molar-refractivity contribution in [2.24, 2.45) is 0 Å². The zero-order valence-corrected chi connectivity index (χ0v) is 15.2. The van der Waals surface area contributed by atoms with E-state index in [2.05, 4.69) is 0 Å². The average Bonchev–Trinajstić information content (AvgIpc) is 2.41. The molecule has 0 atom stereocenters. The van der Waals surface area contributed by atoms with E-state index in [1.807, 2.05) is 0 Å². The summed E-state index contributed by atoms with van der Waals surface area (Å²) in [4.78, 5) is 22.9. The number of ether oxygens (including phenoxy) is 2. The van der Waals surface area contributed by atoms with Gasteiger partial charge in [-0.05, 0) is 40.0 Å². The van der Waals surface area contributed by atoms with Crippen molar-refractivity contribution in [3.8, 4) is 0 Å². The Morgan fingerprint density at radius 2 is 1.23 bits per heavy atom. The van der Waals surface area contributed by atoms with Crippen LogP contribution < -0.4 is 0 Å². The van der Waals surface area contributed by atoms with Crippen molar-refractivity contribution in [1.82, 2.24) is 0 Å². The predicted octanol–water partition coefficient (Wildman–Crippen LogP) is 3.93. The van der Waals surface area contributed by atoms with E-state index in [0.29, 0.717) is 12.8 Å². The number of carbonyl (C=O) groups is 2. The van der Waals surface area contributed by atoms with Crippen LogP contribution >= 0.6 is 14.7 Å². The lowest BCUT2D eigenvalue weighted by Crippen LogP contribution is -2.11. The lowest BCUT2D eigenvalue weighted by molar-refractivity contribution is 0.140. The van der Waals surface area contributed by atoms with Gasteiger partial charge in [-0.25, -0.2) is 14.2 Å². The first-order valence-electron chi connectivity index (χ1n) is 6.96. The number of unbranched alkanes of at least 4 members (excludes halogenated alkanes) is 1. The fourth-order valence-corrected chi connectivity index (χ4v) is 2.86. The van der Waals surface area contributed by atoms with Crippen molar-refractivity contribution < 1.29 is 37.2 Å². The summed E-state index contributed by atoms with van der Waals surface area (Å²) >= 11 is 0.